The highest BCUT2D eigenvalue weighted by atomic mass is 79.9. The van der Waals surface area contributed by atoms with E-state index in [1.807, 2.05) is 0 Å². The van der Waals surface area contributed by atoms with Crippen molar-refractivity contribution < 1.29 is 18.7 Å². The maximum absolute atomic E-state index is 14.7. The smallest absolute Gasteiger partial charge is 0.288 e. The molecule has 1 aromatic heterocycles. The molecule has 1 aromatic carbocycles. The summed E-state index contributed by atoms with van der Waals surface area (Å²) in [6, 6.07) is 4.20. The summed E-state index contributed by atoms with van der Waals surface area (Å²) >= 11 is 3.15. The Balaban J connectivity index is 1.96. The molecule has 3 rings (SSSR count). The van der Waals surface area contributed by atoms with Crippen molar-refractivity contribution in [3.8, 4) is 0 Å². The van der Waals surface area contributed by atoms with Crippen LogP contribution in [-0.4, -0.2) is 22.8 Å². The van der Waals surface area contributed by atoms with Crippen LogP contribution < -0.4 is 26.8 Å². The minimum atomic E-state index is -1.10. The van der Waals surface area contributed by atoms with Crippen LogP contribution in [0.5, 0.6) is 0 Å². The van der Waals surface area contributed by atoms with Gasteiger partial charge in [0, 0.05) is 24.3 Å². The van der Waals surface area contributed by atoms with E-state index in [9.17, 15) is 13.6 Å². The number of hydrogen-bond donors (Lipinski definition) is 4. The van der Waals surface area contributed by atoms with Gasteiger partial charge in [0.1, 0.15) is 17.2 Å². The molecule has 1 aliphatic rings. The molecule has 27 heavy (non-hydrogen) atoms. The predicted molar refractivity (Wildman–Crippen MR) is 98.9 cm³/mol. The predicted octanol–water partition coefficient (Wildman–Crippen LogP) is 1.81. The van der Waals surface area contributed by atoms with Gasteiger partial charge >= 0.3 is 0 Å². The fourth-order valence-electron chi connectivity index (χ4n) is 2.33. The van der Waals surface area contributed by atoms with Gasteiger partial charge in [-0.3, -0.25) is 10.2 Å². The molecule has 0 spiro atoms. The number of anilines is 3. The topological polar surface area (TPSA) is 90.8 Å². The maximum Gasteiger partial charge on any atom is 0.288 e. The lowest BCUT2D eigenvalue weighted by Gasteiger charge is -2.22. The molecule has 0 bridgehead atoms. The van der Waals surface area contributed by atoms with Crippen LogP contribution in [0.3, 0.4) is 0 Å². The zero-order valence-corrected chi connectivity index (χ0v) is 15.7. The van der Waals surface area contributed by atoms with Crippen molar-refractivity contribution in [2.24, 2.45) is 7.05 Å². The number of halogens is 3. The molecule has 0 saturated heterocycles. The van der Waals surface area contributed by atoms with Gasteiger partial charge in [0.25, 0.3) is 5.56 Å². The third-order valence-electron chi connectivity index (χ3n) is 3.62. The highest BCUT2D eigenvalue weighted by molar-refractivity contribution is 9.10. The molecule has 0 fully saturated rings. The van der Waals surface area contributed by atoms with Crippen LogP contribution in [0.1, 0.15) is 0 Å². The Hall–Kier alpha value is -2.79. The zero-order valence-electron chi connectivity index (χ0n) is 14.1. The minimum Gasteiger partial charge on any atom is -0.395 e. The summed E-state index contributed by atoms with van der Waals surface area (Å²) in [5.41, 5.74) is 1.68. The van der Waals surface area contributed by atoms with Crippen LogP contribution in [0.4, 0.5) is 25.8 Å². The molecule has 0 radical (unpaired) electrons. The first-order chi connectivity index (χ1) is 12.9. The molecule has 0 aliphatic carbocycles. The van der Waals surface area contributed by atoms with Crippen LogP contribution in [-0.2, 0) is 11.9 Å². The molecule has 0 amide bonds. The molecule has 0 unspecified atom stereocenters. The van der Waals surface area contributed by atoms with Crippen molar-refractivity contribution in [1.29, 1.82) is 0 Å². The van der Waals surface area contributed by atoms with Crippen molar-refractivity contribution in [3.05, 3.63) is 62.9 Å². The SMILES string of the molecule is Cn1cc(N2NC=C(NCCO)O2)c(Nc2ccc(Br)cc2F)c(F)c1=O. The molecule has 0 atom stereocenters. The average Bonchev–Trinajstić information content (AvgIpc) is 3.10. The van der Waals surface area contributed by atoms with E-state index in [2.05, 4.69) is 32.0 Å². The Bertz CT molecular complexity index is 950. The molecule has 2 heterocycles. The standard InChI is InChI=1S/C16H16BrF2N5O3/c1-23-8-12(24-21-7-13(27-24)20-4-5-25)15(14(19)16(23)26)22-11-3-2-9(17)6-10(11)18/h2-3,6-8,20-22,25H,4-5H2,1H3. The van der Waals surface area contributed by atoms with Gasteiger partial charge < -0.3 is 25.1 Å². The van der Waals surface area contributed by atoms with Gasteiger partial charge in [0.2, 0.25) is 11.7 Å². The summed E-state index contributed by atoms with van der Waals surface area (Å²) in [5.74, 6) is -1.45. The van der Waals surface area contributed by atoms with Crippen LogP contribution in [0.25, 0.3) is 0 Å². The van der Waals surface area contributed by atoms with E-state index in [1.54, 1.807) is 6.07 Å². The fourth-order valence-corrected chi connectivity index (χ4v) is 2.66. The number of aromatic nitrogens is 1. The number of nitrogens with zero attached hydrogens (tertiary/aromatic N) is 2. The summed E-state index contributed by atoms with van der Waals surface area (Å²) in [5, 5.41) is 15.4. The van der Waals surface area contributed by atoms with E-state index in [0.717, 1.165) is 9.74 Å². The molecule has 11 heteroatoms. The van der Waals surface area contributed by atoms with Gasteiger partial charge in [-0.2, -0.15) is 4.39 Å². The van der Waals surface area contributed by atoms with E-state index < -0.39 is 17.2 Å². The first kappa shape index (κ1) is 19.0. The monoisotopic (exact) mass is 443 g/mol. The number of benzene rings is 1. The van der Waals surface area contributed by atoms with Gasteiger partial charge in [-0.05, 0) is 18.2 Å². The number of aryl methyl sites for hydroxylation is 1. The number of aliphatic hydroxyl groups is 1. The van der Waals surface area contributed by atoms with Crippen molar-refractivity contribution in [1.82, 2.24) is 15.3 Å². The lowest BCUT2D eigenvalue weighted by atomic mass is 10.2. The third kappa shape index (κ3) is 3.98. The summed E-state index contributed by atoms with van der Waals surface area (Å²) in [4.78, 5) is 17.5. The van der Waals surface area contributed by atoms with Crippen LogP contribution in [0.2, 0.25) is 0 Å². The fraction of sp³-hybridized carbons (Fsp3) is 0.188. The number of nitrogens with one attached hydrogen (secondary N) is 3. The van der Waals surface area contributed by atoms with Gasteiger partial charge in [-0.1, -0.05) is 15.9 Å². The van der Waals surface area contributed by atoms with E-state index >= 15 is 0 Å². The summed E-state index contributed by atoms with van der Waals surface area (Å²) < 4.78 is 30.4. The third-order valence-corrected chi connectivity index (χ3v) is 4.12. The summed E-state index contributed by atoms with van der Waals surface area (Å²) in [6.45, 7) is 0.142. The number of pyridine rings is 1. The molecular formula is C16H16BrF2N5O3. The summed E-state index contributed by atoms with van der Waals surface area (Å²) in [6.07, 6.45) is 2.78. The van der Waals surface area contributed by atoms with Crippen molar-refractivity contribution in [3.63, 3.8) is 0 Å². The molecule has 8 nitrogen and oxygen atoms in total. The molecule has 0 saturated carbocycles. The number of hydrogen-bond acceptors (Lipinski definition) is 7. The van der Waals surface area contributed by atoms with Crippen LogP contribution >= 0.6 is 15.9 Å². The largest absolute Gasteiger partial charge is 0.395 e. The van der Waals surface area contributed by atoms with Gasteiger partial charge in [-0.25, -0.2) is 4.39 Å². The molecule has 2 aromatic rings. The van der Waals surface area contributed by atoms with Crippen LogP contribution in [0, 0.1) is 11.6 Å². The Morgan fingerprint density at radius 2 is 2.15 bits per heavy atom. The van der Waals surface area contributed by atoms with Gasteiger partial charge in [0.15, 0.2) is 0 Å². The minimum absolute atomic E-state index is 0.0163. The summed E-state index contributed by atoms with van der Waals surface area (Å²) in [7, 11) is 1.38. The Morgan fingerprint density at radius 3 is 2.85 bits per heavy atom. The second kappa shape index (κ2) is 7.84. The molecule has 144 valence electrons. The second-order valence-electron chi connectivity index (χ2n) is 5.54. The normalized spacial score (nSPS) is 13.1. The lowest BCUT2D eigenvalue weighted by molar-refractivity contribution is 0.168. The van der Waals surface area contributed by atoms with E-state index in [1.165, 1.54) is 31.6 Å². The Kier molecular flexibility index (Phi) is 5.51. The first-order valence-corrected chi connectivity index (χ1v) is 8.60. The van der Waals surface area contributed by atoms with E-state index in [4.69, 9.17) is 9.94 Å². The van der Waals surface area contributed by atoms with Crippen molar-refractivity contribution in [2.75, 3.05) is 23.6 Å². The zero-order chi connectivity index (χ0) is 19.6. The van der Waals surface area contributed by atoms with Crippen molar-refractivity contribution in [2.45, 2.75) is 0 Å². The number of hydrazine groups is 1. The highest BCUT2D eigenvalue weighted by Crippen LogP contribution is 2.32. The lowest BCUT2D eigenvalue weighted by Crippen LogP contribution is -2.33. The quantitative estimate of drug-likeness (QED) is 0.541. The second-order valence-corrected chi connectivity index (χ2v) is 6.46. The average molecular weight is 444 g/mol. The number of aliphatic hydroxyl groups excluding tert-OH is 1. The van der Waals surface area contributed by atoms with E-state index in [-0.39, 0.29) is 36.1 Å². The molecular weight excluding hydrogens is 428 g/mol. The number of rotatable bonds is 6. The first-order valence-electron chi connectivity index (χ1n) is 7.81. The van der Waals surface area contributed by atoms with Crippen molar-refractivity contribution >= 4 is 33.0 Å². The highest BCUT2D eigenvalue weighted by Gasteiger charge is 2.25. The Morgan fingerprint density at radius 1 is 1.37 bits per heavy atom. The van der Waals surface area contributed by atoms with E-state index in [0.29, 0.717) is 4.47 Å². The molecule has 4 N–H and O–H groups in total. The van der Waals surface area contributed by atoms with Gasteiger partial charge in [0.05, 0.1) is 18.5 Å². The molecule has 1 aliphatic heterocycles. The van der Waals surface area contributed by atoms with Crippen LogP contribution in [0.15, 0.2) is 45.7 Å². The Labute approximate surface area is 161 Å². The maximum atomic E-state index is 14.7. The van der Waals surface area contributed by atoms with Gasteiger partial charge in [-0.15, -0.1) is 5.17 Å².